The molecule has 1 heterocycles. The van der Waals surface area contributed by atoms with E-state index < -0.39 is 11.6 Å². The van der Waals surface area contributed by atoms with Crippen LogP contribution in [0.1, 0.15) is 31.9 Å². The van der Waals surface area contributed by atoms with E-state index in [1.165, 1.54) is 12.1 Å². The second-order valence-electron chi connectivity index (χ2n) is 6.59. The van der Waals surface area contributed by atoms with Gasteiger partial charge in [0.15, 0.2) is 0 Å². The quantitative estimate of drug-likeness (QED) is 0.755. The van der Waals surface area contributed by atoms with Gasteiger partial charge in [0.05, 0.1) is 7.11 Å². The molecule has 1 atom stereocenters. The number of hydrogen-bond acceptors (Lipinski definition) is 2. The third kappa shape index (κ3) is 2.90. The predicted octanol–water partition coefficient (Wildman–Crippen LogP) is 5.22. The fourth-order valence-electron chi connectivity index (χ4n) is 4.01. The van der Waals surface area contributed by atoms with Gasteiger partial charge in [-0.25, -0.2) is 8.78 Å². The highest BCUT2D eigenvalue weighted by atomic mass is 19.1. The zero-order valence-corrected chi connectivity index (χ0v) is 15.1. The second kappa shape index (κ2) is 6.51. The second-order valence-corrected chi connectivity index (χ2v) is 6.59. The number of allylic oxidation sites excluding steroid dienone is 2. The molecule has 0 saturated carbocycles. The number of benzene rings is 2. The van der Waals surface area contributed by atoms with Crippen LogP contribution in [0.3, 0.4) is 0 Å². The van der Waals surface area contributed by atoms with Crippen molar-refractivity contribution in [3.8, 4) is 5.75 Å². The topological polar surface area (TPSA) is 12.5 Å². The minimum Gasteiger partial charge on any atom is -0.497 e. The first kappa shape index (κ1) is 17.5. The fourth-order valence-corrected chi connectivity index (χ4v) is 4.01. The Morgan fingerprint density at radius 3 is 2.36 bits per heavy atom. The summed E-state index contributed by atoms with van der Waals surface area (Å²) in [6.07, 6.45) is 2.60. The van der Waals surface area contributed by atoms with Crippen LogP contribution in [0.25, 0.3) is 0 Å². The number of nitrogens with zero attached hydrogens (tertiary/aromatic N) is 1. The van der Waals surface area contributed by atoms with Gasteiger partial charge in [0.25, 0.3) is 0 Å². The van der Waals surface area contributed by atoms with E-state index in [0.717, 1.165) is 35.3 Å². The van der Waals surface area contributed by atoms with Crippen LogP contribution in [0.2, 0.25) is 0 Å². The lowest BCUT2D eigenvalue weighted by Gasteiger charge is -2.30. The molecule has 0 spiro atoms. The van der Waals surface area contributed by atoms with Crippen molar-refractivity contribution >= 4 is 5.69 Å². The van der Waals surface area contributed by atoms with Crippen molar-refractivity contribution in [3.63, 3.8) is 0 Å². The summed E-state index contributed by atoms with van der Waals surface area (Å²) >= 11 is 0. The SMILES string of the molecule is C/C=C1\N(CC)c2ccc(OC)cc2C1(C)Cc1cc(F)cc(F)c1. The number of halogens is 2. The molecule has 1 unspecified atom stereocenters. The molecular weight excluding hydrogens is 320 g/mol. The maximum absolute atomic E-state index is 13.7. The fraction of sp³-hybridized carbons (Fsp3) is 0.333. The summed E-state index contributed by atoms with van der Waals surface area (Å²) in [4.78, 5) is 2.25. The minimum atomic E-state index is -0.545. The van der Waals surface area contributed by atoms with Gasteiger partial charge in [0.2, 0.25) is 0 Å². The number of likely N-dealkylation sites (N-methyl/N-ethyl adjacent to an activating group) is 1. The molecule has 0 radical (unpaired) electrons. The van der Waals surface area contributed by atoms with Crippen molar-refractivity contribution in [2.45, 2.75) is 32.6 Å². The molecule has 132 valence electrons. The highest BCUT2D eigenvalue weighted by molar-refractivity contribution is 5.72. The highest BCUT2D eigenvalue weighted by Crippen LogP contribution is 2.50. The lowest BCUT2D eigenvalue weighted by molar-refractivity contribution is 0.413. The number of fused-ring (bicyclic) bond motifs is 1. The first-order valence-electron chi connectivity index (χ1n) is 8.50. The van der Waals surface area contributed by atoms with Crippen LogP contribution in [0.15, 0.2) is 48.2 Å². The van der Waals surface area contributed by atoms with Gasteiger partial charge in [-0.3, -0.25) is 0 Å². The molecular formula is C21H23F2NO. The average molecular weight is 343 g/mol. The Labute approximate surface area is 147 Å². The van der Waals surface area contributed by atoms with E-state index in [1.807, 2.05) is 19.1 Å². The molecule has 0 bridgehead atoms. The third-order valence-electron chi connectivity index (χ3n) is 5.01. The summed E-state index contributed by atoms with van der Waals surface area (Å²) < 4.78 is 32.8. The van der Waals surface area contributed by atoms with Crippen LogP contribution in [-0.4, -0.2) is 13.7 Å². The van der Waals surface area contributed by atoms with Gasteiger partial charge < -0.3 is 9.64 Å². The number of anilines is 1. The molecule has 0 N–H and O–H groups in total. The summed E-state index contributed by atoms with van der Waals surface area (Å²) in [5.74, 6) is -0.308. The van der Waals surface area contributed by atoms with Gasteiger partial charge in [-0.15, -0.1) is 0 Å². The molecule has 4 heteroatoms. The number of rotatable bonds is 4. The van der Waals surface area contributed by atoms with E-state index >= 15 is 0 Å². The molecule has 0 aliphatic carbocycles. The van der Waals surface area contributed by atoms with Crippen LogP contribution >= 0.6 is 0 Å². The lowest BCUT2D eigenvalue weighted by Crippen LogP contribution is -2.30. The molecule has 2 aromatic carbocycles. The maximum Gasteiger partial charge on any atom is 0.126 e. The van der Waals surface area contributed by atoms with Crippen molar-refractivity contribution in [3.05, 3.63) is 70.9 Å². The minimum absolute atomic E-state index is 0.380. The summed E-state index contributed by atoms with van der Waals surface area (Å²) in [6, 6.07) is 9.77. The van der Waals surface area contributed by atoms with Crippen LogP contribution < -0.4 is 9.64 Å². The number of methoxy groups -OCH3 is 1. The molecule has 0 fully saturated rings. The molecule has 2 aromatic rings. The summed E-state index contributed by atoms with van der Waals surface area (Å²) in [6.45, 7) is 7.06. The molecule has 25 heavy (non-hydrogen) atoms. The Bertz CT molecular complexity index is 810. The highest BCUT2D eigenvalue weighted by Gasteiger charge is 2.43. The van der Waals surface area contributed by atoms with Crippen molar-refractivity contribution in [2.75, 3.05) is 18.6 Å². The van der Waals surface area contributed by atoms with E-state index in [0.29, 0.717) is 12.0 Å². The summed E-state index contributed by atoms with van der Waals surface area (Å²) in [5.41, 5.74) is 3.64. The van der Waals surface area contributed by atoms with E-state index in [2.05, 4.69) is 30.9 Å². The Balaban J connectivity index is 2.15. The standard InChI is InChI=1S/C21H23F2NO/c1-5-20-21(3,13-14-9-15(22)11-16(23)10-14)18-12-17(25-4)7-8-19(18)24(20)6-2/h5,7-12H,6,13H2,1-4H3/b20-5-. The van der Waals surface area contributed by atoms with Gasteiger partial charge in [-0.2, -0.15) is 0 Å². The monoisotopic (exact) mass is 343 g/mol. The van der Waals surface area contributed by atoms with Crippen molar-refractivity contribution < 1.29 is 13.5 Å². The van der Waals surface area contributed by atoms with E-state index in [-0.39, 0.29) is 5.41 Å². The van der Waals surface area contributed by atoms with Crippen LogP contribution in [0.4, 0.5) is 14.5 Å². The van der Waals surface area contributed by atoms with E-state index in [9.17, 15) is 8.78 Å². The van der Waals surface area contributed by atoms with Gasteiger partial charge in [-0.1, -0.05) is 6.08 Å². The third-order valence-corrected chi connectivity index (χ3v) is 5.01. The molecule has 1 aliphatic heterocycles. The molecule has 1 aliphatic rings. The summed E-state index contributed by atoms with van der Waals surface area (Å²) in [5, 5.41) is 0. The number of hydrogen-bond donors (Lipinski definition) is 0. The molecule has 0 amide bonds. The van der Waals surface area contributed by atoms with Crippen LogP contribution in [-0.2, 0) is 11.8 Å². The van der Waals surface area contributed by atoms with Crippen molar-refractivity contribution in [1.29, 1.82) is 0 Å². The maximum atomic E-state index is 13.7. The van der Waals surface area contributed by atoms with Crippen LogP contribution in [0.5, 0.6) is 5.75 Å². The number of ether oxygens (including phenoxy) is 1. The molecule has 0 saturated heterocycles. The Kier molecular flexibility index (Phi) is 4.55. The summed E-state index contributed by atoms with van der Waals surface area (Å²) in [7, 11) is 1.64. The zero-order valence-electron chi connectivity index (χ0n) is 15.1. The Morgan fingerprint density at radius 1 is 1.12 bits per heavy atom. The van der Waals surface area contributed by atoms with E-state index in [4.69, 9.17) is 4.74 Å². The Morgan fingerprint density at radius 2 is 1.80 bits per heavy atom. The van der Waals surface area contributed by atoms with Gasteiger partial charge >= 0.3 is 0 Å². The smallest absolute Gasteiger partial charge is 0.126 e. The first-order valence-corrected chi connectivity index (χ1v) is 8.50. The Hall–Kier alpha value is -2.36. The lowest BCUT2D eigenvalue weighted by atomic mass is 9.76. The first-order chi connectivity index (χ1) is 11.9. The largest absolute Gasteiger partial charge is 0.497 e. The normalized spacial score (nSPS) is 20.9. The van der Waals surface area contributed by atoms with Gasteiger partial charge in [0.1, 0.15) is 17.4 Å². The molecule has 0 aromatic heterocycles. The molecule has 2 nitrogen and oxygen atoms in total. The predicted molar refractivity (Wildman–Crippen MR) is 97.2 cm³/mol. The van der Waals surface area contributed by atoms with Gasteiger partial charge in [-0.05, 0) is 68.7 Å². The molecule has 3 rings (SSSR count). The average Bonchev–Trinajstić information content (AvgIpc) is 2.80. The van der Waals surface area contributed by atoms with Crippen molar-refractivity contribution in [1.82, 2.24) is 0 Å². The zero-order chi connectivity index (χ0) is 18.2. The van der Waals surface area contributed by atoms with Gasteiger partial charge in [0, 0.05) is 29.4 Å². The van der Waals surface area contributed by atoms with Crippen LogP contribution in [0, 0.1) is 11.6 Å². The van der Waals surface area contributed by atoms with Crippen molar-refractivity contribution in [2.24, 2.45) is 0 Å². The van der Waals surface area contributed by atoms with E-state index in [1.54, 1.807) is 7.11 Å².